The van der Waals surface area contributed by atoms with Crippen LogP contribution in [0.2, 0.25) is 0 Å². The lowest BCUT2D eigenvalue weighted by Crippen LogP contribution is -2.41. The molecule has 0 radical (unpaired) electrons. The van der Waals surface area contributed by atoms with Crippen LogP contribution in [0.3, 0.4) is 0 Å². The van der Waals surface area contributed by atoms with Crippen molar-refractivity contribution in [1.82, 2.24) is 20.2 Å². The first-order valence-corrected chi connectivity index (χ1v) is 7.33. The van der Waals surface area contributed by atoms with Gasteiger partial charge in [0.15, 0.2) is 0 Å². The number of rotatable bonds is 3. The van der Waals surface area contributed by atoms with E-state index in [1.807, 2.05) is 6.20 Å². The second-order valence-electron chi connectivity index (χ2n) is 5.79. The van der Waals surface area contributed by atoms with Gasteiger partial charge in [-0.25, -0.2) is 4.98 Å². The maximum absolute atomic E-state index is 4.13. The second kappa shape index (κ2) is 7.27. The number of nitrogens with one attached hydrogen (secondary N) is 2. The second-order valence-corrected chi connectivity index (χ2v) is 5.79. The zero-order chi connectivity index (χ0) is 12.2. The van der Waals surface area contributed by atoms with E-state index in [-0.39, 0.29) is 12.4 Å². The van der Waals surface area contributed by atoms with Gasteiger partial charge in [0.2, 0.25) is 0 Å². The zero-order valence-electron chi connectivity index (χ0n) is 11.5. The average Bonchev–Trinajstić information content (AvgIpc) is 2.95. The van der Waals surface area contributed by atoms with Gasteiger partial charge in [0, 0.05) is 24.4 Å². The molecule has 2 N–H and O–H groups in total. The Morgan fingerprint density at radius 1 is 1.26 bits per heavy atom. The minimum atomic E-state index is 0. The smallest absolute Gasteiger partial charge is 0.0921 e. The lowest BCUT2D eigenvalue weighted by molar-refractivity contribution is 0.168. The predicted molar refractivity (Wildman–Crippen MR) is 79.8 cm³/mol. The van der Waals surface area contributed by atoms with Crippen molar-refractivity contribution < 1.29 is 0 Å². The Balaban J connectivity index is 0.00000133. The van der Waals surface area contributed by atoms with Crippen molar-refractivity contribution in [3.05, 3.63) is 18.2 Å². The van der Waals surface area contributed by atoms with E-state index in [2.05, 4.69) is 20.2 Å². The first kappa shape index (κ1) is 14.8. The van der Waals surface area contributed by atoms with Crippen LogP contribution in [0.1, 0.15) is 37.3 Å². The minimum absolute atomic E-state index is 0. The SMILES string of the molecule is Cl.c1ncc(C2CCN(CC3CCCNC3)CC2)[nH]1. The van der Waals surface area contributed by atoms with Crippen molar-refractivity contribution in [1.29, 1.82) is 0 Å². The van der Waals surface area contributed by atoms with Crippen molar-refractivity contribution in [2.24, 2.45) is 5.92 Å². The normalized spacial score (nSPS) is 26.0. The number of halogens is 1. The number of H-pyrrole nitrogens is 1. The molecule has 4 nitrogen and oxygen atoms in total. The maximum Gasteiger partial charge on any atom is 0.0921 e. The molecule has 3 heterocycles. The highest BCUT2D eigenvalue weighted by Crippen LogP contribution is 2.27. The fraction of sp³-hybridized carbons (Fsp3) is 0.786. The summed E-state index contributed by atoms with van der Waals surface area (Å²) >= 11 is 0. The van der Waals surface area contributed by atoms with Crippen LogP contribution in [0.15, 0.2) is 12.5 Å². The van der Waals surface area contributed by atoms with E-state index < -0.39 is 0 Å². The van der Waals surface area contributed by atoms with Crippen LogP contribution in [0, 0.1) is 5.92 Å². The molecular weight excluding hydrogens is 260 g/mol. The van der Waals surface area contributed by atoms with Gasteiger partial charge in [-0.2, -0.15) is 0 Å². The number of likely N-dealkylation sites (tertiary alicyclic amines) is 1. The van der Waals surface area contributed by atoms with E-state index in [1.54, 1.807) is 6.33 Å². The van der Waals surface area contributed by atoms with Crippen molar-refractivity contribution in [3.63, 3.8) is 0 Å². The highest BCUT2D eigenvalue weighted by molar-refractivity contribution is 5.85. The molecule has 0 saturated carbocycles. The average molecular weight is 285 g/mol. The molecule has 0 bridgehead atoms. The Morgan fingerprint density at radius 3 is 2.74 bits per heavy atom. The maximum atomic E-state index is 4.13. The van der Waals surface area contributed by atoms with E-state index in [1.165, 1.54) is 64.1 Å². The van der Waals surface area contributed by atoms with E-state index in [4.69, 9.17) is 0 Å². The molecular formula is C14H25ClN4. The summed E-state index contributed by atoms with van der Waals surface area (Å²) in [6.45, 7) is 6.24. The standard InChI is InChI=1S/C14H24N4.ClH/c1-2-12(8-15-5-1)10-18-6-3-13(4-7-18)14-9-16-11-17-14;/h9,11-13,15H,1-8,10H2,(H,16,17);1H. The summed E-state index contributed by atoms with van der Waals surface area (Å²) in [6, 6.07) is 0. The van der Waals surface area contributed by atoms with Crippen molar-refractivity contribution in [3.8, 4) is 0 Å². The van der Waals surface area contributed by atoms with Gasteiger partial charge in [0.1, 0.15) is 0 Å². The highest BCUT2D eigenvalue weighted by atomic mass is 35.5. The van der Waals surface area contributed by atoms with E-state index in [9.17, 15) is 0 Å². The fourth-order valence-electron chi connectivity index (χ4n) is 3.36. The summed E-state index contributed by atoms with van der Waals surface area (Å²) in [6.07, 6.45) is 9.12. The third kappa shape index (κ3) is 3.94. The molecule has 0 spiro atoms. The molecule has 1 aromatic heterocycles. The Hall–Kier alpha value is -0.580. The van der Waals surface area contributed by atoms with Gasteiger partial charge in [-0.3, -0.25) is 0 Å². The van der Waals surface area contributed by atoms with E-state index >= 15 is 0 Å². The minimum Gasteiger partial charge on any atom is -0.348 e. The number of aromatic amines is 1. The molecule has 0 amide bonds. The molecule has 1 atom stereocenters. The largest absolute Gasteiger partial charge is 0.348 e. The monoisotopic (exact) mass is 284 g/mol. The molecule has 1 aromatic rings. The summed E-state index contributed by atoms with van der Waals surface area (Å²) in [7, 11) is 0. The van der Waals surface area contributed by atoms with Crippen LogP contribution in [-0.4, -0.2) is 47.6 Å². The van der Waals surface area contributed by atoms with Gasteiger partial charge in [-0.05, 0) is 57.8 Å². The van der Waals surface area contributed by atoms with Crippen LogP contribution in [0.4, 0.5) is 0 Å². The number of piperidine rings is 2. The van der Waals surface area contributed by atoms with Gasteiger partial charge < -0.3 is 15.2 Å². The predicted octanol–water partition coefficient (Wildman–Crippen LogP) is 2.01. The molecule has 2 aliphatic rings. The van der Waals surface area contributed by atoms with Gasteiger partial charge in [0.05, 0.1) is 6.33 Å². The van der Waals surface area contributed by atoms with Gasteiger partial charge >= 0.3 is 0 Å². The molecule has 3 rings (SSSR count). The first-order valence-electron chi connectivity index (χ1n) is 7.33. The summed E-state index contributed by atoms with van der Waals surface area (Å²) in [5, 5.41) is 3.52. The van der Waals surface area contributed by atoms with E-state index in [0.29, 0.717) is 5.92 Å². The van der Waals surface area contributed by atoms with E-state index in [0.717, 1.165) is 5.92 Å². The van der Waals surface area contributed by atoms with Crippen LogP contribution in [0.25, 0.3) is 0 Å². The summed E-state index contributed by atoms with van der Waals surface area (Å²) < 4.78 is 0. The summed E-state index contributed by atoms with van der Waals surface area (Å²) in [5.41, 5.74) is 1.33. The lowest BCUT2D eigenvalue weighted by Gasteiger charge is -2.35. The molecule has 2 saturated heterocycles. The summed E-state index contributed by atoms with van der Waals surface area (Å²) in [5.74, 6) is 1.58. The number of imidazole rings is 1. The highest BCUT2D eigenvalue weighted by Gasteiger charge is 2.23. The van der Waals surface area contributed by atoms with Crippen LogP contribution >= 0.6 is 12.4 Å². The first-order chi connectivity index (χ1) is 8.92. The third-order valence-electron chi connectivity index (χ3n) is 4.46. The Morgan fingerprint density at radius 2 is 2.11 bits per heavy atom. The van der Waals surface area contributed by atoms with Gasteiger partial charge in [-0.15, -0.1) is 12.4 Å². The van der Waals surface area contributed by atoms with Gasteiger partial charge in [-0.1, -0.05) is 0 Å². The number of hydrogen-bond donors (Lipinski definition) is 2. The molecule has 108 valence electrons. The van der Waals surface area contributed by atoms with Crippen molar-refractivity contribution in [2.45, 2.75) is 31.6 Å². The molecule has 0 aromatic carbocycles. The Kier molecular flexibility index (Phi) is 5.67. The number of nitrogens with zero attached hydrogens (tertiary/aromatic N) is 2. The van der Waals surface area contributed by atoms with Gasteiger partial charge in [0.25, 0.3) is 0 Å². The molecule has 0 aliphatic carbocycles. The number of aromatic nitrogens is 2. The molecule has 2 fully saturated rings. The third-order valence-corrected chi connectivity index (χ3v) is 4.46. The quantitative estimate of drug-likeness (QED) is 0.892. The fourth-order valence-corrected chi connectivity index (χ4v) is 3.36. The molecule has 5 heteroatoms. The Labute approximate surface area is 121 Å². The topological polar surface area (TPSA) is 44.0 Å². The lowest BCUT2D eigenvalue weighted by atomic mass is 9.92. The number of hydrogen-bond acceptors (Lipinski definition) is 3. The molecule has 19 heavy (non-hydrogen) atoms. The van der Waals surface area contributed by atoms with Crippen molar-refractivity contribution in [2.75, 3.05) is 32.7 Å². The molecule has 1 unspecified atom stereocenters. The van der Waals surface area contributed by atoms with Crippen LogP contribution in [0.5, 0.6) is 0 Å². The summed E-state index contributed by atoms with van der Waals surface area (Å²) in [4.78, 5) is 10.1. The molecule has 2 aliphatic heterocycles. The van der Waals surface area contributed by atoms with Crippen molar-refractivity contribution >= 4 is 12.4 Å². The Bertz CT molecular complexity index is 340. The van der Waals surface area contributed by atoms with Crippen LogP contribution < -0.4 is 5.32 Å². The van der Waals surface area contributed by atoms with Crippen LogP contribution in [-0.2, 0) is 0 Å². The zero-order valence-corrected chi connectivity index (χ0v) is 12.3.